The number of hydrogen-bond donors (Lipinski definition) is 3. The highest BCUT2D eigenvalue weighted by atomic mass is 16.5. The third-order valence-corrected chi connectivity index (χ3v) is 7.73. The van der Waals surface area contributed by atoms with Gasteiger partial charge in [-0.3, -0.25) is 9.78 Å². The van der Waals surface area contributed by atoms with E-state index in [1.54, 1.807) is 12.4 Å². The number of rotatable bonds is 5. The van der Waals surface area contributed by atoms with Crippen molar-refractivity contribution in [2.24, 2.45) is 18.7 Å². The normalized spacial score (nSPS) is 22.2. The van der Waals surface area contributed by atoms with Crippen LogP contribution in [0, 0.1) is 5.92 Å². The summed E-state index contributed by atoms with van der Waals surface area (Å²) >= 11 is 0. The Morgan fingerprint density at radius 3 is 3.00 bits per heavy atom. The number of anilines is 2. The molecule has 35 heavy (non-hydrogen) atoms. The number of carbonyl (C=O) groups excluding carboxylic acids is 1. The fourth-order valence-corrected chi connectivity index (χ4v) is 5.82. The Balaban J connectivity index is 1.28. The van der Waals surface area contributed by atoms with Crippen molar-refractivity contribution in [3.63, 3.8) is 0 Å². The molecule has 2 unspecified atom stereocenters. The first kappa shape index (κ1) is 20.5. The molecule has 4 aromatic heterocycles. The van der Waals surface area contributed by atoms with Crippen LogP contribution in [-0.4, -0.2) is 38.6 Å². The SMILES string of the molecule is Cn1ccc2c(-c3ncc(Nc4ccc(C56COCC5C6)c(CN)n4)c4c3CNC4=O)ccnc21. The smallest absolute Gasteiger partial charge is 0.254 e. The van der Waals surface area contributed by atoms with Gasteiger partial charge < -0.3 is 25.7 Å². The molecule has 1 aliphatic carbocycles. The van der Waals surface area contributed by atoms with Crippen LogP contribution in [0.1, 0.15) is 33.6 Å². The third-order valence-electron chi connectivity index (χ3n) is 7.73. The van der Waals surface area contributed by atoms with E-state index in [-0.39, 0.29) is 11.3 Å². The van der Waals surface area contributed by atoms with Crippen molar-refractivity contribution in [1.29, 1.82) is 0 Å². The summed E-state index contributed by atoms with van der Waals surface area (Å²) in [6, 6.07) is 8.05. The number of aromatic nitrogens is 4. The third kappa shape index (κ3) is 2.95. The molecule has 2 atom stereocenters. The number of carbonyl (C=O) groups is 1. The van der Waals surface area contributed by atoms with Crippen LogP contribution in [0.15, 0.2) is 42.9 Å². The molecule has 0 spiro atoms. The van der Waals surface area contributed by atoms with Crippen LogP contribution < -0.4 is 16.4 Å². The summed E-state index contributed by atoms with van der Waals surface area (Å²) in [5.41, 5.74) is 12.9. The van der Waals surface area contributed by atoms with E-state index in [4.69, 9.17) is 20.4 Å². The lowest BCUT2D eigenvalue weighted by Gasteiger charge is -2.18. The van der Waals surface area contributed by atoms with Crippen LogP contribution in [0.2, 0.25) is 0 Å². The maximum atomic E-state index is 12.9. The molecule has 1 saturated heterocycles. The number of nitrogens with one attached hydrogen (secondary N) is 2. The topological polar surface area (TPSA) is 120 Å². The van der Waals surface area contributed by atoms with Crippen molar-refractivity contribution in [2.75, 3.05) is 18.5 Å². The summed E-state index contributed by atoms with van der Waals surface area (Å²) in [5, 5.41) is 7.30. The molecule has 2 aliphatic heterocycles. The van der Waals surface area contributed by atoms with E-state index in [2.05, 4.69) is 21.7 Å². The molecule has 4 aromatic rings. The maximum Gasteiger partial charge on any atom is 0.254 e. The van der Waals surface area contributed by atoms with Gasteiger partial charge in [0.05, 0.1) is 42.0 Å². The fourth-order valence-electron chi connectivity index (χ4n) is 5.82. The monoisotopic (exact) mass is 467 g/mol. The van der Waals surface area contributed by atoms with E-state index in [0.29, 0.717) is 36.1 Å². The van der Waals surface area contributed by atoms with Gasteiger partial charge in [-0.05, 0) is 36.1 Å². The molecule has 3 aliphatic rings. The number of amides is 1. The average molecular weight is 468 g/mol. The highest BCUT2D eigenvalue weighted by Crippen LogP contribution is 2.58. The lowest BCUT2D eigenvalue weighted by molar-refractivity contribution is 0.0966. The highest BCUT2D eigenvalue weighted by molar-refractivity contribution is 6.06. The van der Waals surface area contributed by atoms with Crippen molar-refractivity contribution < 1.29 is 9.53 Å². The zero-order chi connectivity index (χ0) is 23.7. The summed E-state index contributed by atoms with van der Waals surface area (Å²) in [7, 11) is 1.96. The quantitative estimate of drug-likeness (QED) is 0.413. The molecule has 1 saturated carbocycles. The zero-order valence-corrected chi connectivity index (χ0v) is 19.3. The van der Waals surface area contributed by atoms with Crippen LogP contribution >= 0.6 is 0 Å². The molecule has 9 nitrogen and oxygen atoms in total. The Kier molecular flexibility index (Phi) is 4.31. The summed E-state index contributed by atoms with van der Waals surface area (Å²) in [6.07, 6.45) is 6.61. The molecule has 0 bridgehead atoms. The predicted molar refractivity (Wildman–Crippen MR) is 131 cm³/mol. The summed E-state index contributed by atoms with van der Waals surface area (Å²) in [4.78, 5) is 27.0. The number of aryl methyl sites for hydroxylation is 1. The van der Waals surface area contributed by atoms with Gasteiger partial charge in [0.2, 0.25) is 0 Å². The van der Waals surface area contributed by atoms with E-state index in [1.165, 1.54) is 5.56 Å². The molecule has 4 N–H and O–H groups in total. The Labute approximate surface area is 201 Å². The molecule has 1 amide bonds. The van der Waals surface area contributed by atoms with Crippen molar-refractivity contribution in [1.82, 2.24) is 24.8 Å². The Bertz CT molecular complexity index is 1530. The first-order valence-corrected chi connectivity index (χ1v) is 11.8. The van der Waals surface area contributed by atoms with Crippen LogP contribution in [0.3, 0.4) is 0 Å². The number of hydrogen-bond acceptors (Lipinski definition) is 7. The van der Waals surface area contributed by atoms with E-state index in [1.807, 2.05) is 36.0 Å². The van der Waals surface area contributed by atoms with Crippen LogP contribution in [0.4, 0.5) is 11.5 Å². The second kappa shape index (κ2) is 7.34. The molecule has 176 valence electrons. The van der Waals surface area contributed by atoms with E-state index < -0.39 is 0 Å². The van der Waals surface area contributed by atoms with Gasteiger partial charge in [0.25, 0.3) is 5.91 Å². The minimum atomic E-state index is -0.122. The summed E-state index contributed by atoms with van der Waals surface area (Å²) in [5.74, 6) is 1.09. The standard InChI is InChI=1S/C26H25N7O2/c1-33-7-5-16-15(4-6-28-24(16)33)23-17-10-30-25(34)22(17)20(11-29-23)32-21-3-2-18(19(9-27)31-21)26-8-14(26)12-35-13-26/h2-7,11,14H,8-10,12-13,27H2,1H3,(H,30,34)(H,31,32). The molecular formula is C26H25N7O2. The highest BCUT2D eigenvalue weighted by Gasteiger charge is 2.60. The molecule has 6 heterocycles. The Hall–Kier alpha value is -3.82. The van der Waals surface area contributed by atoms with Crippen molar-refractivity contribution in [3.05, 3.63) is 65.2 Å². The van der Waals surface area contributed by atoms with Crippen molar-refractivity contribution >= 4 is 28.4 Å². The molecule has 9 heteroatoms. The molecule has 7 rings (SSSR count). The zero-order valence-electron chi connectivity index (χ0n) is 19.3. The lowest BCUT2D eigenvalue weighted by Crippen LogP contribution is -2.18. The van der Waals surface area contributed by atoms with Gasteiger partial charge in [0, 0.05) is 54.5 Å². The number of nitrogens with zero attached hydrogens (tertiary/aromatic N) is 4. The first-order valence-electron chi connectivity index (χ1n) is 11.8. The van der Waals surface area contributed by atoms with Gasteiger partial charge in [0.1, 0.15) is 11.5 Å². The Morgan fingerprint density at radius 2 is 2.20 bits per heavy atom. The number of fused-ring (bicyclic) bond motifs is 3. The fraction of sp³-hybridized carbons (Fsp3) is 0.308. The Morgan fingerprint density at radius 1 is 1.29 bits per heavy atom. The van der Waals surface area contributed by atoms with E-state index in [9.17, 15) is 4.79 Å². The van der Waals surface area contributed by atoms with Crippen molar-refractivity contribution in [2.45, 2.75) is 24.9 Å². The second-order valence-corrected chi connectivity index (χ2v) is 9.67. The summed E-state index contributed by atoms with van der Waals surface area (Å²) < 4.78 is 7.66. The summed E-state index contributed by atoms with van der Waals surface area (Å²) in [6.45, 7) is 2.33. The van der Waals surface area contributed by atoms with E-state index in [0.717, 1.165) is 53.2 Å². The molecule has 0 aromatic carbocycles. The van der Waals surface area contributed by atoms with Crippen LogP contribution in [0.5, 0.6) is 0 Å². The minimum absolute atomic E-state index is 0.0812. The van der Waals surface area contributed by atoms with E-state index >= 15 is 0 Å². The maximum absolute atomic E-state index is 12.9. The van der Waals surface area contributed by atoms with Gasteiger partial charge >= 0.3 is 0 Å². The number of ether oxygens (including phenoxy) is 1. The lowest BCUT2D eigenvalue weighted by atomic mass is 9.93. The van der Waals surface area contributed by atoms with Gasteiger partial charge in [-0.1, -0.05) is 6.07 Å². The van der Waals surface area contributed by atoms with Crippen LogP contribution in [-0.2, 0) is 30.3 Å². The largest absolute Gasteiger partial charge is 0.380 e. The predicted octanol–water partition coefficient (Wildman–Crippen LogP) is 2.76. The van der Waals surface area contributed by atoms with Gasteiger partial charge in [-0.2, -0.15) is 0 Å². The van der Waals surface area contributed by atoms with Gasteiger partial charge in [-0.25, -0.2) is 9.97 Å². The van der Waals surface area contributed by atoms with Gasteiger partial charge in [0.15, 0.2) is 0 Å². The van der Waals surface area contributed by atoms with Crippen molar-refractivity contribution in [3.8, 4) is 11.3 Å². The van der Waals surface area contributed by atoms with Gasteiger partial charge in [-0.15, -0.1) is 0 Å². The minimum Gasteiger partial charge on any atom is -0.380 e. The molecular weight excluding hydrogens is 442 g/mol. The second-order valence-electron chi connectivity index (χ2n) is 9.67. The first-order chi connectivity index (χ1) is 17.1. The molecule has 0 radical (unpaired) electrons. The van der Waals surface area contributed by atoms with Crippen LogP contribution in [0.25, 0.3) is 22.3 Å². The number of pyridine rings is 3. The number of nitrogens with two attached hydrogens (primary N) is 1. The molecule has 2 fully saturated rings. The average Bonchev–Trinajstić information content (AvgIpc) is 3.18.